The molecule has 2 unspecified atom stereocenters. The fourth-order valence-electron chi connectivity index (χ4n) is 2.36. The lowest BCUT2D eigenvalue weighted by Gasteiger charge is -2.51. The first-order valence-corrected chi connectivity index (χ1v) is 8.17. The summed E-state index contributed by atoms with van der Waals surface area (Å²) in [5.74, 6) is 0.633. The van der Waals surface area contributed by atoms with Gasteiger partial charge in [-0.25, -0.2) is 0 Å². The van der Waals surface area contributed by atoms with E-state index in [2.05, 4.69) is 23.5 Å². The van der Waals surface area contributed by atoms with E-state index in [4.69, 9.17) is 10.5 Å². The quantitative estimate of drug-likeness (QED) is 0.815. The molecule has 6 heteroatoms. The van der Waals surface area contributed by atoms with E-state index in [1.54, 1.807) is 11.8 Å². The Hall–Kier alpha value is -0.460. The molecule has 3 N–H and O–H groups in total. The second kappa shape index (κ2) is 5.27. The van der Waals surface area contributed by atoms with Gasteiger partial charge in [0.2, 0.25) is 0 Å². The van der Waals surface area contributed by atoms with Crippen LogP contribution in [0.2, 0.25) is 0 Å². The average molecular weight is 287 g/mol. The van der Waals surface area contributed by atoms with Crippen molar-refractivity contribution in [2.24, 2.45) is 5.41 Å². The summed E-state index contributed by atoms with van der Waals surface area (Å²) >= 11 is 3.09. The maximum atomic E-state index is 5.84. The van der Waals surface area contributed by atoms with Gasteiger partial charge in [-0.2, -0.15) is 4.37 Å². The molecule has 4 nitrogen and oxygen atoms in total. The Morgan fingerprint density at radius 1 is 1.61 bits per heavy atom. The molecule has 1 fully saturated rings. The highest BCUT2D eigenvalue weighted by Crippen LogP contribution is 2.46. The van der Waals surface area contributed by atoms with Gasteiger partial charge in [0.25, 0.3) is 0 Å². The highest BCUT2D eigenvalue weighted by atomic mass is 32.2. The molecular formula is C12H21N3OS2. The number of ether oxygens (including phenoxy) is 1. The number of aromatic nitrogens is 1. The highest BCUT2D eigenvalue weighted by Gasteiger charge is 2.49. The molecule has 0 amide bonds. The molecule has 1 saturated carbocycles. The van der Waals surface area contributed by atoms with Crippen molar-refractivity contribution in [2.45, 2.75) is 44.2 Å². The van der Waals surface area contributed by atoms with Crippen LogP contribution in [-0.4, -0.2) is 29.4 Å². The van der Waals surface area contributed by atoms with Crippen LogP contribution >= 0.6 is 23.3 Å². The lowest BCUT2D eigenvalue weighted by molar-refractivity contribution is -0.0975. The second-order valence-electron chi connectivity index (χ2n) is 5.13. The number of nitrogens with zero attached hydrogens (tertiary/aromatic N) is 1. The van der Waals surface area contributed by atoms with Gasteiger partial charge in [0.15, 0.2) is 5.82 Å². The van der Waals surface area contributed by atoms with Crippen molar-refractivity contribution in [3.05, 3.63) is 0 Å². The van der Waals surface area contributed by atoms with Crippen molar-refractivity contribution in [1.29, 1.82) is 0 Å². The lowest BCUT2D eigenvalue weighted by atomic mass is 9.64. The molecule has 1 aliphatic carbocycles. The normalized spacial score (nSPS) is 25.8. The molecule has 2 atom stereocenters. The minimum Gasteiger partial charge on any atom is -0.382 e. The van der Waals surface area contributed by atoms with Gasteiger partial charge in [-0.05, 0) is 31.1 Å². The number of thioether (sulfide) groups is 1. The van der Waals surface area contributed by atoms with Gasteiger partial charge in [0.1, 0.15) is 5.00 Å². The number of hydrogen-bond acceptors (Lipinski definition) is 6. The molecule has 0 bridgehead atoms. The molecule has 0 aromatic carbocycles. The van der Waals surface area contributed by atoms with Crippen molar-refractivity contribution in [1.82, 2.24) is 4.37 Å². The summed E-state index contributed by atoms with van der Waals surface area (Å²) in [6, 6.07) is 0.430. The van der Waals surface area contributed by atoms with Crippen LogP contribution in [0.1, 0.15) is 27.2 Å². The summed E-state index contributed by atoms with van der Waals surface area (Å²) in [6.07, 6.45) is 3.43. The SMILES string of the molecule is CCOC1CC(Nc2snc(N)c2SC)C1(C)C. The second-order valence-corrected chi connectivity index (χ2v) is 6.72. The molecule has 18 heavy (non-hydrogen) atoms. The van der Waals surface area contributed by atoms with Gasteiger partial charge in [0, 0.05) is 18.1 Å². The van der Waals surface area contributed by atoms with Crippen LogP contribution in [0.15, 0.2) is 4.90 Å². The maximum Gasteiger partial charge on any atom is 0.153 e. The minimum absolute atomic E-state index is 0.157. The Labute approximate surface area is 117 Å². The fraction of sp³-hybridized carbons (Fsp3) is 0.750. The third-order valence-electron chi connectivity index (χ3n) is 3.73. The molecule has 2 rings (SSSR count). The molecule has 1 heterocycles. The fourth-order valence-corrected chi connectivity index (χ4v) is 3.94. The van der Waals surface area contributed by atoms with Crippen LogP contribution in [0.5, 0.6) is 0 Å². The Morgan fingerprint density at radius 3 is 2.89 bits per heavy atom. The number of hydrogen-bond donors (Lipinski definition) is 2. The largest absolute Gasteiger partial charge is 0.382 e. The summed E-state index contributed by atoms with van der Waals surface area (Å²) < 4.78 is 9.95. The molecule has 0 spiro atoms. The van der Waals surface area contributed by atoms with Crippen molar-refractivity contribution in [3.8, 4) is 0 Å². The Morgan fingerprint density at radius 2 is 2.33 bits per heavy atom. The van der Waals surface area contributed by atoms with Crippen LogP contribution in [0.4, 0.5) is 10.8 Å². The van der Waals surface area contributed by atoms with Crippen LogP contribution in [0.25, 0.3) is 0 Å². The molecule has 102 valence electrons. The minimum atomic E-state index is 0.157. The number of nitrogen functional groups attached to an aromatic ring is 1. The summed E-state index contributed by atoms with van der Waals surface area (Å²) in [6.45, 7) is 7.33. The molecular weight excluding hydrogens is 266 g/mol. The zero-order chi connectivity index (χ0) is 13.3. The van der Waals surface area contributed by atoms with Crippen LogP contribution < -0.4 is 11.1 Å². The van der Waals surface area contributed by atoms with E-state index in [9.17, 15) is 0 Å². The lowest BCUT2D eigenvalue weighted by Crippen LogP contribution is -2.58. The van der Waals surface area contributed by atoms with Gasteiger partial charge in [-0.1, -0.05) is 13.8 Å². The zero-order valence-electron chi connectivity index (χ0n) is 11.3. The van der Waals surface area contributed by atoms with Gasteiger partial charge in [0.05, 0.1) is 11.0 Å². The monoisotopic (exact) mass is 287 g/mol. The third kappa shape index (κ3) is 2.33. The molecule has 0 aliphatic heterocycles. The predicted octanol–water partition coefficient (Wildman–Crippen LogP) is 3.06. The summed E-state index contributed by atoms with van der Waals surface area (Å²) in [5, 5.41) is 4.66. The number of rotatable bonds is 5. The van der Waals surface area contributed by atoms with E-state index < -0.39 is 0 Å². The van der Waals surface area contributed by atoms with E-state index in [0.717, 1.165) is 22.9 Å². The molecule has 1 aromatic heterocycles. The zero-order valence-corrected chi connectivity index (χ0v) is 13.0. The van der Waals surface area contributed by atoms with Crippen molar-refractivity contribution in [2.75, 3.05) is 23.9 Å². The molecule has 0 radical (unpaired) electrons. The van der Waals surface area contributed by atoms with Gasteiger partial charge < -0.3 is 15.8 Å². The Bertz CT molecular complexity index is 419. The number of nitrogens with one attached hydrogen (secondary N) is 1. The predicted molar refractivity (Wildman–Crippen MR) is 79.5 cm³/mol. The van der Waals surface area contributed by atoms with Crippen molar-refractivity contribution >= 4 is 34.1 Å². The van der Waals surface area contributed by atoms with Crippen LogP contribution in [0.3, 0.4) is 0 Å². The average Bonchev–Trinajstić information content (AvgIpc) is 2.68. The van der Waals surface area contributed by atoms with Crippen LogP contribution in [-0.2, 0) is 4.74 Å². The summed E-state index contributed by atoms with van der Waals surface area (Å²) in [5.41, 5.74) is 6.00. The standard InChI is InChI=1S/C12H21N3OS2/c1-5-16-8-6-7(12(8,2)3)14-11-9(17-4)10(13)15-18-11/h7-8,14H,5-6H2,1-4H3,(H2,13,15). The number of nitrogens with two attached hydrogens (primary N) is 1. The first-order chi connectivity index (χ1) is 8.50. The third-order valence-corrected chi connectivity index (χ3v) is 5.47. The van der Waals surface area contributed by atoms with E-state index in [0.29, 0.717) is 18.0 Å². The highest BCUT2D eigenvalue weighted by molar-refractivity contribution is 7.99. The topological polar surface area (TPSA) is 60.2 Å². The Balaban J connectivity index is 2.03. The van der Waals surface area contributed by atoms with E-state index in [-0.39, 0.29) is 5.41 Å². The molecule has 1 aromatic rings. The smallest absolute Gasteiger partial charge is 0.153 e. The van der Waals surface area contributed by atoms with E-state index in [1.807, 2.05) is 13.2 Å². The van der Waals surface area contributed by atoms with Crippen molar-refractivity contribution < 1.29 is 4.74 Å². The van der Waals surface area contributed by atoms with E-state index >= 15 is 0 Å². The first-order valence-electron chi connectivity index (χ1n) is 6.18. The number of anilines is 2. The van der Waals surface area contributed by atoms with Gasteiger partial charge >= 0.3 is 0 Å². The summed E-state index contributed by atoms with van der Waals surface area (Å²) in [7, 11) is 0. The maximum absolute atomic E-state index is 5.84. The molecule has 0 saturated heterocycles. The van der Waals surface area contributed by atoms with Gasteiger partial charge in [-0.3, -0.25) is 0 Å². The van der Waals surface area contributed by atoms with E-state index in [1.165, 1.54) is 11.5 Å². The van der Waals surface area contributed by atoms with Crippen molar-refractivity contribution in [3.63, 3.8) is 0 Å². The first kappa shape index (κ1) is 14.0. The van der Waals surface area contributed by atoms with Crippen LogP contribution in [0, 0.1) is 5.41 Å². The molecule has 1 aliphatic rings. The van der Waals surface area contributed by atoms with Gasteiger partial charge in [-0.15, -0.1) is 11.8 Å². The summed E-state index contributed by atoms with van der Waals surface area (Å²) in [4.78, 5) is 1.07. The Kier molecular flexibility index (Phi) is 4.08.